The number of nitrogens with zero attached hydrogens (tertiary/aromatic N) is 1. The summed E-state index contributed by atoms with van der Waals surface area (Å²) in [6.07, 6.45) is 2.21. The lowest BCUT2D eigenvalue weighted by atomic mass is 9.83. The van der Waals surface area contributed by atoms with Gasteiger partial charge in [-0.2, -0.15) is 0 Å². The molecule has 0 saturated heterocycles. The highest BCUT2D eigenvalue weighted by molar-refractivity contribution is 5.74. The van der Waals surface area contributed by atoms with Crippen LogP contribution in [0.1, 0.15) is 48.6 Å². The second-order valence-corrected chi connectivity index (χ2v) is 8.65. The van der Waals surface area contributed by atoms with Gasteiger partial charge in [0.05, 0.1) is 7.11 Å². The third kappa shape index (κ3) is 3.29. The Morgan fingerprint density at radius 2 is 2.00 bits per heavy atom. The fraction of sp³-hybridized carbons (Fsp3) is 0.458. The maximum Gasteiger partial charge on any atom is 0.311 e. The zero-order valence-corrected chi connectivity index (χ0v) is 17.7. The van der Waals surface area contributed by atoms with E-state index in [4.69, 9.17) is 18.9 Å². The molecule has 0 N–H and O–H groups in total. The van der Waals surface area contributed by atoms with Gasteiger partial charge in [0.25, 0.3) is 0 Å². The highest BCUT2D eigenvalue weighted by Crippen LogP contribution is 2.46. The number of hydrogen-bond donors (Lipinski definition) is 0. The number of carbonyl (C=O) groups excluding carboxylic acids is 1. The molecule has 2 aromatic carbocycles. The molecule has 6 nitrogen and oxygen atoms in total. The molecule has 3 heterocycles. The average Bonchev–Trinajstić information content (AvgIpc) is 3.18. The molecule has 0 aromatic heterocycles. The number of esters is 1. The van der Waals surface area contributed by atoms with Crippen LogP contribution in [0.3, 0.4) is 0 Å². The minimum absolute atomic E-state index is 0.212. The predicted molar refractivity (Wildman–Crippen MR) is 111 cm³/mol. The number of ether oxygens (including phenoxy) is 4. The Kier molecular flexibility index (Phi) is 4.82. The number of methoxy groups -OCH3 is 1. The van der Waals surface area contributed by atoms with Gasteiger partial charge in [0.1, 0.15) is 0 Å². The van der Waals surface area contributed by atoms with Gasteiger partial charge in [-0.15, -0.1) is 0 Å². The topological polar surface area (TPSA) is 57.2 Å². The summed E-state index contributed by atoms with van der Waals surface area (Å²) in [6, 6.07) is 8.58. The summed E-state index contributed by atoms with van der Waals surface area (Å²) in [6.45, 7) is 6.00. The Labute approximate surface area is 176 Å². The molecule has 0 radical (unpaired) electrons. The van der Waals surface area contributed by atoms with Gasteiger partial charge in [-0.05, 0) is 53.6 Å². The fourth-order valence-corrected chi connectivity index (χ4v) is 4.76. The Hall–Kier alpha value is -2.73. The Morgan fingerprint density at radius 3 is 2.77 bits per heavy atom. The maximum absolute atomic E-state index is 12.4. The monoisotopic (exact) mass is 409 g/mol. The molecule has 0 bridgehead atoms. The minimum atomic E-state index is -0.212. The lowest BCUT2D eigenvalue weighted by molar-refractivity contribution is -0.135. The van der Waals surface area contributed by atoms with Gasteiger partial charge in [-0.25, -0.2) is 0 Å². The van der Waals surface area contributed by atoms with Gasteiger partial charge in [-0.1, -0.05) is 19.9 Å². The van der Waals surface area contributed by atoms with Crippen molar-refractivity contribution in [2.24, 2.45) is 5.92 Å². The maximum atomic E-state index is 12.4. The van der Waals surface area contributed by atoms with Crippen molar-refractivity contribution in [3.63, 3.8) is 0 Å². The largest absolute Gasteiger partial charge is 0.493 e. The van der Waals surface area contributed by atoms with Crippen molar-refractivity contribution < 1.29 is 23.7 Å². The van der Waals surface area contributed by atoms with Crippen LogP contribution < -0.4 is 18.9 Å². The van der Waals surface area contributed by atoms with Crippen LogP contribution in [0.15, 0.2) is 24.3 Å². The van der Waals surface area contributed by atoms with Crippen LogP contribution in [0.2, 0.25) is 0 Å². The second kappa shape index (κ2) is 7.51. The lowest BCUT2D eigenvalue weighted by Crippen LogP contribution is -2.39. The molecule has 0 fully saturated rings. The van der Waals surface area contributed by atoms with Crippen molar-refractivity contribution in [2.75, 3.05) is 20.4 Å². The summed E-state index contributed by atoms with van der Waals surface area (Å²) in [5, 5.41) is 0. The molecule has 0 saturated carbocycles. The van der Waals surface area contributed by atoms with Crippen molar-refractivity contribution in [3.05, 3.63) is 46.5 Å². The van der Waals surface area contributed by atoms with Gasteiger partial charge in [0.15, 0.2) is 23.0 Å². The van der Waals surface area contributed by atoms with Gasteiger partial charge in [0, 0.05) is 31.1 Å². The lowest BCUT2D eigenvalue weighted by Gasteiger charge is -2.42. The van der Waals surface area contributed by atoms with Crippen LogP contribution in [-0.2, 0) is 24.2 Å². The molecule has 0 amide bonds. The van der Waals surface area contributed by atoms with E-state index in [1.54, 1.807) is 7.11 Å². The molecule has 158 valence electrons. The molecular formula is C24H27NO5. The number of carbonyl (C=O) groups is 1. The van der Waals surface area contributed by atoms with E-state index in [1.807, 2.05) is 19.9 Å². The van der Waals surface area contributed by atoms with Crippen LogP contribution in [-0.4, -0.2) is 31.3 Å². The first kappa shape index (κ1) is 19.2. The van der Waals surface area contributed by atoms with E-state index in [2.05, 4.69) is 23.1 Å². The molecule has 0 aliphatic carbocycles. The van der Waals surface area contributed by atoms with Gasteiger partial charge in [-0.3, -0.25) is 9.69 Å². The van der Waals surface area contributed by atoms with Gasteiger partial charge < -0.3 is 18.9 Å². The standard InChI is InChI=1S/C24H27NO5/c1-14(2)8-23(26)30-24-18-12-25-7-6-16-10-21-22(29-13-28-21)11-17(16)19(25)9-15(18)4-5-20(24)27-3/h4-5,10-11,14,19H,6-9,12-13H2,1-3H3. The summed E-state index contributed by atoms with van der Waals surface area (Å²) in [7, 11) is 1.62. The predicted octanol–water partition coefficient (Wildman–Crippen LogP) is 4.03. The van der Waals surface area contributed by atoms with Crippen LogP contribution in [0.5, 0.6) is 23.0 Å². The van der Waals surface area contributed by atoms with Crippen LogP contribution >= 0.6 is 0 Å². The SMILES string of the molecule is COc1ccc2c(c1OC(=O)CC(C)C)CN1CCc3cc4c(cc3C1C2)OCO4. The molecule has 1 unspecified atom stereocenters. The Balaban J connectivity index is 1.49. The Morgan fingerprint density at radius 1 is 1.20 bits per heavy atom. The van der Waals surface area contributed by atoms with Crippen molar-refractivity contribution in [1.29, 1.82) is 0 Å². The van der Waals surface area contributed by atoms with E-state index >= 15 is 0 Å². The van der Waals surface area contributed by atoms with Gasteiger partial charge in [0.2, 0.25) is 6.79 Å². The molecule has 1 atom stereocenters. The first-order valence-corrected chi connectivity index (χ1v) is 10.6. The van der Waals surface area contributed by atoms with E-state index in [9.17, 15) is 4.79 Å². The molecule has 30 heavy (non-hydrogen) atoms. The number of hydrogen-bond acceptors (Lipinski definition) is 6. The van der Waals surface area contributed by atoms with Crippen molar-refractivity contribution in [3.8, 4) is 23.0 Å². The first-order chi connectivity index (χ1) is 14.5. The molecule has 2 aromatic rings. The summed E-state index contributed by atoms with van der Waals surface area (Å²) in [5.74, 6) is 2.91. The number of fused-ring (bicyclic) bond motifs is 5. The first-order valence-electron chi connectivity index (χ1n) is 10.6. The summed E-state index contributed by atoms with van der Waals surface area (Å²) in [4.78, 5) is 14.9. The normalized spacial score (nSPS) is 19.1. The van der Waals surface area contributed by atoms with Crippen molar-refractivity contribution in [1.82, 2.24) is 4.90 Å². The van der Waals surface area contributed by atoms with Crippen LogP contribution in [0, 0.1) is 5.92 Å². The molecular weight excluding hydrogens is 382 g/mol. The van der Waals surface area contributed by atoms with Crippen molar-refractivity contribution >= 4 is 5.97 Å². The van der Waals surface area contributed by atoms with E-state index in [0.717, 1.165) is 43.0 Å². The minimum Gasteiger partial charge on any atom is -0.493 e. The molecule has 3 aliphatic rings. The van der Waals surface area contributed by atoms with E-state index < -0.39 is 0 Å². The summed E-state index contributed by atoms with van der Waals surface area (Å²) >= 11 is 0. The van der Waals surface area contributed by atoms with Crippen molar-refractivity contribution in [2.45, 2.75) is 45.7 Å². The van der Waals surface area contributed by atoms with E-state index in [-0.39, 0.29) is 17.9 Å². The van der Waals surface area contributed by atoms with Crippen LogP contribution in [0.4, 0.5) is 0 Å². The average molecular weight is 409 g/mol. The highest BCUT2D eigenvalue weighted by atomic mass is 16.7. The molecule has 6 heteroatoms. The molecule has 3 aliphatic heterocycles. The summed E-state index contributed by atoms with van der Waals surface area (Å²) < 4.78 is 22.5. The number of rotatable bonds is 4. The van der Waals surface area contributed by atoms with E-state index in [0.29, 0.717) is 24.7 Å². The zero-order valence-electron chi connectivity index (χ0n) is 17.7. The molecule has 0 spiro atoms. The van der Waals surface area contributed by atoms with E-state index in [1.165, 1.54) is 16.7 Å². The molecule has 5 rings (SSSR count). The fourth-order valence-electron chi connectivity index (χ4n) is 4.76. The number of benzene rings is 2. The second-order valence-electron chi connectivity index (χ2n) is 8.65. The highest BCUT2D eigenvalue weighted by Gasteiger charge is 2.36. The third-order valence-electron chi connectivity index (χ3n) is 6.21. The van der Waals surface area contributed by atoms with Crippen LogP contribution in [0.25, 0.3) is 0 Å². The third-order valence-corrected chi connectivity index (χ3v) is 6.21. The Bertz CT molecular complexity index is 1000. The quantitative estimate of drug-likeness (QED) is 0.561. The zero-order chi connectivity index (χ0) is 20.8. The smallest absolute Gasteiger partial charge is 0.311 e. The van der Waals surface area contributed by atoms with Gasteiger partial charge >= 0.3 is 5.97 Å². The summed E-state index contributed by atoms with van der Waals surface area (Å²) in [5.41, 5.74) is 4.91.